The molecule has 0 amide bonds. The van der Waals surface area contributed by atoms with Crippen LogP contribution in [0.1, 0.15) is 65.2 Å². The van der Waals surface area contributed by atoms with Gasteiger partial charge in [-0.05, 0) is 24.7 Å². The first-order chi connectivity index (χ1) is 12.2. The number of aliphatic hydroxyl groups excluding tert-OH is 1. The second kappa shape index (κ2) is 10.1. The van der Waals surface area contributed by atoms with Gasteiger partial charge in [0.05, 0.1) is 19.1 Å². The third-order valence-electron chi connectivity index (χ3n) is 4.29. The number of carbonyl (C=O) groups excluding carboxylic acids is 2. The van der Waals surface area contributed by atoms with Gasteiger partial charge in [-0.1, -0.05) is 20.3 Å². The third-order valence-corrected chi connectivity index (χ3v) is 4.29. The number of aliphatic imine (C=N–C) groups is 1. The van der Waals surface area contributed by atoms with Crippen LogP contribution in [0.15, 0.2) is 16.3 Å². The number of rotatable bonds is 9. The molecule has 0 unspecified atom stereocenters. The molecule has 0 atom stereocenters. The van der Waals surface area contributed by atoms with Gasteiger partial charge in [-0.2, -0.15) is 0 Å². The number of hydrogen-bond donors (Lipinski definition) is 2. The molecule has 0 aliphatic heterocycles. The number of aliphatic carboxylic acids is 1. The summed E-state index contributed by atoms with van der Waals surface area (Å²) >= 11 is 0. The first kappa shape index (κ1) is 21.9. The smallest absolute Gasteiger partial charge is 0.305 e. The van der Waals surface area contributed by atoms with Crippen molar-refractivity contribution in [2.45, 2.75) is 65.2 Å². The molecule has 1 aliphatic carbocycles. The van der Waals surface area contributed by atoms with E-state index in [-0.39, 0.29) is 41.8 Å². The van der Waals surface area contributed by atoms with Gasteiger partial charge in [0.15, 0.2) is 5.78 Å². The molecule has 1 rings (SSSR count). The monoisotopic (exact) mass is 367 g/mol. The molecule has 7 nitrogen and oxygen atoms in total. The van der Waals surface area contributed by atoms with E-state index < -0.39 is 11.9 Å². The lowest BCUT2D eigenvalue weighted by atomic mass is 9.73. The quantitative estimate of drug-likeness (QED) is 0.280. The maximum atomic E-state index is 12.5. The highest BCUT2D eigenvalue weighted by Gasteiger charge is 2.36. The number of carboxylic acids is 1. The normalized spacial score (nSPS) is 20.1. The van der Waals surface area contributed by atoms with Crippen LogP contribution in [0, 0.1) is 5.41 Å². The van der Waals surface area contributed by atoms with Crippen molar-refractivity contribution in [3.05, 3.63) is 11.3 Å². The Hall–Kier alpha value is -2.18. The number of hydrogen-bond acceptors (Lipinski definition) is 6. The number of unbranched alkanes of at least 4 members (excludes halogenated alkanes) is 2. The summed E-state index contributed by atoms with van der Waals surface area (Å²) in [5.41, 5.74) is 0.580. The van der Waals surface area contributed by atoms with Gasteiger partial charge in [0.1, 0.15) is 5.76 Å². The first-order valence-electron chi connectivity index (χ1n) is 8.94. The van der Waals surface area contributed by atoms with Gasteiger partial charge in [0.2, 0.25) is 0 Å². The fourth-order valence-electron chi connectivity index (χ4n) is 2.98. The first-order valence-corrected chi connectivity index (χ1v) is 8.94. The minimum Gasteiger partial charge on any atom is -0.511 e. The van der Waals surface area contributed by atoms with Gasteiger partial charge in [-0.15, -0.1) is 0 Å². The Morgan fingerprint density at radius 1 is 1.08 bits per heavy atom. The molecule has 2 N–H and O–H groups in total. The van der Waals surface area contributed by atoms with Crippen molar-refractivity contribution in [1.29, 1.82) is 0 Å². The number of esters is 1. The molecule has 0 radical (unpaired) electrons. The molecule has 0 aromatic rings. The molecule has 146 valence electrons. The number of ketones is 1. The van der Waals surface area contributed by atoms with Gasteiger partial charge in [0.25, 0.3) is 0 Å². The van der Waals surface area contributed by atoms with E-state index in [1.807, 2.05) is 13.8 Å². The number of carboxylic acid groups (broad SMARTS) is 1. The van der Waals surface area contributed by atoms with Gasteiger partial charge in [-0.3, -0.25) is 19.4 Å². The summed E-state index contributed by atoms with van der Waals surface area (Å²) in [6.07, 6.45) is 3.15. The average molecular weight is 367 g/mol. The zero-order valence-electron chi connectivity index (χ0n) is 15.8. The predicted molar refractivity (Wildman–Crippen MR) is 97.3 cm³/mol. The summed E-state index contributed by atoms with van der Waals surface area (Å²) in [5, 5.41) is 19.0. The Morgan fingerprint density at radius 3 is 2.38 bits per heavy atom. The SMILES string of the molecule is COC(=O)CC/C(O)=C1\C(=O)CC(C)(C)CC1=NCCCCCC(=O)O. The molecule has 26 heavy (non-hydrogen) atoms. The Labute approximate surface area is 154 Å². The van der Waals surface area contributed by atoms with Crippen LogP contribution < -0.4 is 0 Å². The Bertz CT molecular complexity index is 603. The molecule has 1 fully saturated rings. The van der Waals surface area contributed by atoms with Crippen LogP contribution in [0.25, 0.3) is 0 Å². The van der Waals surface area contributed by atoms with Crippen LogP contribution in [0.4, 0.5) is 0 Å². The standard InChI is InChI=1S/C19H29NO6/c1-19(2)11-13(20-10-6-4-5-7-16(23)24)18(15(22)12-19)14(21)8-9-17(25)26-3/h21H,4-12H2,1-3H3,(H,23,24)/b18-14+,20-13?. The number of Topliss-reactive ketones (excluding diaryl/α,β-unsaturated/α-hetero) is 1. The lowest BCUT2D eigenvalue weighted by Gasteiger charge is -2.31. The molecule has 0 bridgehead atoms. The maximum absolute atomic E-state index is 12.5. The van der Waals surface area contributed by atoms with Gasteiger partial charge >= 0.3 is 11.9 Å². The van der Waals surface area contributed by atoms with Gasteiger partial charge in [0, 0.05) is 31.5 Å². The zero-order valence-corrected chi connectivity index (χ0v) is 15.8. The summed E-state index contributed by atoms with van der Waals surface area (Å²) in [6.45, 7) is 4.44. The highest BCUT2D eigenvalue weighted by molar-refractivity contribution is 6.24. The summed E-state index contributed by atoms with van der Waals surface area (Å²) in [7, 11) is 1.28. The number of ether oxygens (including phenoxy) is 1. The van der Waals surface area contributed by atoms with Crippen LogP contribution in [-0.2, 0) is 19.1 Å². The lowest BCUT2D eigenvalue weighted by molar-refractivity contribution is -0.141. The molecule has 0 spiro atoms. The van der Waals surface area contributed by atoms with E-state index in [0.717, 1.165) is 12.8 Å². The van der Waals surface area contributed by atoms with E-state index in [1.165, 1.54) is 7.11 Å². The molecule has 0 heterocycles. The van der Waals surface area contributed by atoms with E-state index in [9.17, 15) is 19.5 Å². The maximum Gasteiger partial charge on any atom is 0.305 e. The van der Waals surface area contributed by atoms with Crippen molar-refractivity contribution in [1.82, 2.24) is 0 Å². The fraction of sp³-hybridized carbons (Fsp3) is 0.684. The number of aliphatic hydroxyl groups is 1. The number of carbonyl (C=O) groups is 3. The molecule has 7 heteroatoms. The fourth-order valence-corrected chi connectivity index (χ4v) is 2.98. The van der Waals surface area contributed by atoms with E-state index in [4.69, 9.17) is 5.11 Å². The summed E-state index contributed by atoms with van der Waals surface area (Å²) in [4.78, 5) is 38.8. The number of methoxy groups -OCH3 is 1. The van der Waals surface area contributed by atoms with Crippen molar-refractivity contribution in [2.75, 3.05) is 13.7 Å². The predicted octanol–water partition coefficient (Wildman–Crippen LogP) is 3.23. The van der Waals surface area contributed by atoms with Crippen molar-refractivity contribution in [2.24, 2.45) is 10.4 Å². The van der Waals surface area contributed by atoms with Gasteiger partial charge in [-0.25, -0.2) is 0 Å². The summed E-state index contributed by atoms with van der Waals surface area (Å²) in [5.74, 6) is -1.52. The van der Waals surface area contributed by atoms with Crippen LogP contribution in [0.2, 0.25) is 0 Å². The van der Waals surface area contributed by atoms with Crippen molar-refractivity contribution >= 4 is 23.4 Å². The van der Waals surface area contributed by atoms with E-state index in [2.05, 4.69) is 9.73 Å². The van der Waals surface area contributed by atoms with Crippen LogP contribution in [-0.4, -0.2) is 47.3 Å². The molecule has 0 aromatic heterocycles. The van der Waals surface area contributed by atoms with E-state index in [0.29, 0.717) is 31.5 Å². The van der Waals surface area contributed by atoms with Crippen molar-refractivity contribution in [3.8, 4) is 0 Å². The number of nitrogens with zero attached hydrogens (tertiary/aromatic N) is 1. The van der Waals surface area contributed by atoms with Crippen LogP contribution >= 0.6 is 0 Å². The Morgan fingerprint density at radius 2 is 1.77 bits per heavy atom. The topological polar surface area (TPSA) is 113 Å². The summed E-state index contributed by atoms with van der Waals surface area (Å²) in [6, 6.07) is 0. The highest BCUT2D eigenvalue weighted by Crippen LogP contribution is 2.35. The average Bonchev–Trinajstić information content (AvgIpc) is 2.53. The highest BCUT2D eigenvalue weighted by atomic mass is 16.5. The van der Waals surface area contributed by atoms with E-state index in [1.54, 1.807) is 0 Å². The van der Waals surface area contributed by atoms with Crippen molar-refractivity contribution < 1.29 is 29.3 Å². The molecule has 1 saturated carbocycles. The zero-order chi connectivity index (χ0) is 19.7. The third kappa shape index (κ3) is 7.37. The van der Waals surface area contributed by atoms with E-state index >= 15 is 0 Å². The Balaban J connectivity index is 2.82. The number of allylic oxidation sites excluding steroid dienone is 2. The second-order valence-electron chi connectivity index (χ2n) is 7.37. The largest absolute Gasteiger partial charge is 0.511 e. The lowest BCUT2D eigenvalue weighted by Crippen LogP contribution is -2.33. The molecular weight excluding hydrogens is 338 g/mol. The minimum atomic E-state index is -0.809. The van der Waals surface area contributed by atoms with Crippen molar-refractivity contribution in [3.63, 3.8) is 0 Å². The molecule has 0 aromatic carbocycles. The molecule has 1 aliphatic rings. The van der Waals surface area contributed by atoms with Crippen LogP contribution in [0.5, 0.6) is 0 Å². The minimum absolute atomic E-state index is 0.00494. The molecule has 0 saturated heterocycles. The van der Waals surface area contributed by atoms with Gasteiger partial charge < -0.3 is 14.9 Å². The molecular formula is C19H29NO6. The van der Waals surface area contributed by atoms with Crippen LogP contribution in [0.3, 0.4) is 0 Å². The summed E-state index contributed by atoms with van der Waals surface area (Å²) < 4.78 is 4.56. The Kier molecular flexibility index (Phi) is 8.48. The second-order valence-corrected chi connectivity index (χ2v) is 7.37.